The van der Waals surface area contributed by atoms with Gasteiger partial charge in [0.2, 0.25) is 0 Å². The molecular weight excluding hydrogens is 396 g/mol. The maximum atomic E-state index is 13.3. The van der Waals surface area contributed by atoms with Crippen LogP contribution in [0.1, 0.15) is 16.7 Å². The highest BCUT2D eigenvalue weighted by Gasteiger charge is 2.39. The van der Waals surface area contributed by atoms with E-state index in [1.54, 1.807) is 0 Å². The van der Waals surface area contributed by atoms with Crippen molar-refractivity contribution >= 4 is 29.1 Å². The molecule has 6 heteroatoms. The van der Waals surface area contributed by atoms with E-state index in [0.717, 1.165) is 29.8 Å². The molecule has 156 valence electrons. The number of nitrogens with zero attached hydrogens (tertiary/aromatic N) is 2. The number of rotatable bonds is 7. The fourth-order valence-corrected chi connectivity index (χ4v) is 4.75. The summed E-state index contributed by atoms with van der Waals surface area (Å²) < 4.78 is 5.39. The number of ether oxygens (including phenoxy) is 1. The molecule has 2 amide bonds. The Kier molecular flexibility index (Phi) is 6.67. The summed E-state index contributed by atoms with van der Waals surface area (Å²) in [6.45, 7) is 6.18. The maximum Gasteiger partial charge on any atom is 0.268 e. The van der Waals surface area contributed by atoms with Crippen LogP contribution in [0.4, 0.5) is 0 Å². The molecule has 0 aromatic heterocycles. The number of amides is 2. The Morgan fingerprint density at radius 3 is 2.30 bits per heavy atom. The molecule has 0 radical (unpaired) electrons. The lowest BCUT2D eigenvalue weighted by Gasteiger charge is -2.28. The molecule has 2 aliphatic rings. The summed E-state index contributed by atoms with van der Waals surface area (Å²) in [7, 11) is 0. The Morgan fingerprint density at radius 1 is 0.900 bits per heavy atom. The second-order valence-corrected chi connectivity index (χ2v) is 8.55. The number of hydrogen-bond acceptors (Lipinski definition) is 5. The number of morpholine rings is 1. The summed E-state index contributed by atoms with van der Waals surface area (Å²) in [5, 5.41) is 0. The van der Waals surface area contributed by atoms with Crippen LogP contribution in [0.5, 0.6) is 0 Å². The summed E-state index contributed by atoms with van der Waals surface area (Å²) in [6.07, 6.45) is 0. The zero-order valence-corrected chi connectivity index (χ0v) is 18.0. The first-order chi connectivity index (χ1) is 14.6. The standard InChI is InChI=1S/C24H26N2O3S/c1-18-7-9-20(10-8-18)21-22(30-17-19-5-3-2-4-6-19)24(28)26(23(21)27)12-11-25-13-15-29-16-14-25/h2-10H,11-17H2,1H3. The minimum atomic E-state index is -0.187. The number of thioether (sulfide) groups is 1. The van der Waals surface area contributed by atoms with Crippen LogP contribution >= 0.6 is 11.8 Å². The van der Waals surface area contributed by atoms with E-state index in [1.807, 2.05) is 61.5 Å². The van der Waals surface area contributed by atoms with Gasteiger partial charge in [-0.15, -0.1) is 11.8 Å². The lowest BCUT2D eigenvalue weighted by molar-refractivity contribution is -0.136. The van der Waals surface area contributed by atoms with E-state index in [0.29, 0.717) is 42.5 Å². The molecule has 2 aromatic carbocycles. The predicted molar refractivity (Wildman–Crippen MR) is 120 cm³/mol. The Balaban J connectivity index is 1.56. The molecular formula is C24H26N2O3S. The molecule has 0 bridgehead atoms. The van der Waals surface area contributed by atoms with Gasteiger partial charge in [0.15, 0.2) is 0 Å². The molecule has 1 fully saturated rings. The van der Waals surface area contributed by atoms with Crippen molar-refractivity contribution in [1.29, 1.82) is 0 Å². The topological polar surface area (TPSA) is 49.9 Å². The smallest absolute Gasteiger partial charge is 0.268 e. The van der Waals surface area contributed by atoms with Gasteiger partial charge in [-0.05, 0) is 18.1 Å². The zero-order chi connectivity index (χ0) is 20.9. The van der Waals surface area contributed by atoms with Crippen LogP contribution in [0.15, 0.2) is 59.5 Å². The number of imide groups is 1. The first kappa shape index (κ1) is 20.8. The molecule has 2 aromatic rings. The Bertz CT molecular complexity index is 935. The van der Waals surface area contributed by atoms with E-state index in [-0.39, 0.29) is 11.8 Å². The molecule has 0 spiro atoms. The lowest BCUT2D eigenvalue weighted by Crippen LogP contribution is -2.43. The number of hydrogen-bond donors (Lipinski definition) is 0. The van der Waals surface area contributed by atoms with Gasteiger partial charge in [-0.1, -0.05) is 60.2 Å². The zero-order valence-electron chi connectivity index (χ0n) is 17.2. The molecule has 0 unspecified atom stereocenters. The van der Waals surface area contributed by atoms with E-state index in [2.05, 4.69) is 4.90 Å². The average molecular weight is 423 g/mol. The van der Waals surface area contributed by atoms with Crippen molar-refractivity contribution in [3.05, 3.63) is 76.2 Å². The molecule has 4 rings (SSSR count). The van der Waals surface area contributed by atoms with Gasteiger partial charge in [0.25, 0.3) is 11.8 Å². The van der Waals surface area contributed by atoms with Crippen LogP contribution < -0.4 is 0 Å². The minimum Gasteiger partial charge on any atom is -0.379 e. The molecule has 0 aliphatic carbocycles. The number of carbonyl (C=O) groups excluding carboxylic acids is 2. The maximum absolute atomic E-state index is 13.3. The van der Waals surface area contributed by atoms with E-state index < -0.39 is 0 Å². The second kappa shape index (κ2) is 9.60. The molecule has 2 heterocycles. The van der Waals surface area contributed by atoms with Crippen molar-refractivity contribution < 1.29 is 14.3 Å². The van der Waals surface area contributed by atoms with Gasteiger partial charge in [0, 0.05) is 31.9 Å². The normalized spacial score (nSPS) is 17.8. The highest BCUT2D eigenvalue weighted by atomic mass is 32.2. The van der Waals surface area contributed by atoms with Gasteiger partial charge in [0.05, 0.1) is 23.7 Å². The van der Waals surface area contributed by atoms with Crippen LogP contribution in [-0.2, 0) is 20.1 Å². The second-order valence-electron chi connectivity index (χ2n) is 7.56. The van der Waals surface area contributed by atoms with Gasteiger partial charge in [0.1, 0.15) is 0 Å². The average Bonchev–Trinajstić information content (AvgIpc) is 3.02. The van der Waals surface area contributed by atoms with Crippen molar-refractivity contribution in [2.75, 3.05) is 39.4 Å². The first-order valence-electron chi connectivity index (χ1n) is 10.3. The highest BCUT2D eigenvalue weighted by molar-refractivity contribution is 8.03. The van der Waals surface area contributed by atoms with E-state index in [4.69, 9.17) is 4.74 Å². The van der Waals surface area contributed by atoms with Gasteiger partial charge in [-0.3, -0.25) is 19.4 Å². The van der Waals surface area contributed by atoms with Crippen LogP contribution in [0.25, 0.3) is 5.57 Å². The molecule has 2 aliphatic heterocycles. The van der Waals surface area contributed by atoms with E-state index in [1.165, 1.54) is 16.7 Å². The number of aryl methyl sites for hydroxylation is 1. The molecule has 0 saturated carbocycles. The summed E-state index contributed by atoms with van der Waals surface area (Å²) in [6, 6.07) is 17.9. The van der Waals surface area contributed by atoms with Crippen molar-refractivity contribution in [2.24, 2.45) is 0 Å². The first-order valence-corrected chi connectivity index (χ1v) is 11.3. The van der Waals surface area contributed by atoms with Crippen molar-refractivity contribution in [3.63, 3.8) is 0 Å². The van der Waals surface area contributed by atoms with Crippen molar-refractivity contribution in [3.8, 4) is 0 Å². The summed E-state index contributed by atoms with van der Waals surface area (Å²) in [4.78, 5) is 30.7. The van der Waals surface area contributed by atoms with Crippen molar-refractivity contribution in [1.82, 2.24) is 9.80 Å². The van der Waals surface area contributed by atoms with E-state index in [9.17, 15) is 9.59 Å². The predicted octanol–water partition coefficient (Wildman–Crippen LogP) is 3.34. The van der Waals surface area contributed by atoms with Crippen LogP contribution in [0.3, 0.4) is 0 Å². The van der Waals surface area contributed by atoms with Crippen molar-refractivity contribution in [2.45, 2.75) is 12.7 Å². The quantitative estimate of drug-likeness (QED) is 0.641. The van der Waals surface area contributed by atoms with Gasteiger partial charge in [-0.25, -0.2) is 0 Å². The molecule has 5 nitrogen and oxygen atoms in total. The molecule has 0 N–H and O–H groups in total. The van der Waals surface area contributed by atoms with Crippen LogP contribution in [0.2, 0.25) is 0 Å². The summed E-state index contributed by atoms with van der Waals surface area (Å²) in [5.41, 5.74) is 3.59. The summed E-state index contributed by atoms with van der Waals surface area (Å²) >= 11 is 1.46. The highest BCUT2D eigenvalue weighted by Crippen LogP contribution is 2.37. The summed E-state index contributed by atoms with van der Waals surface area (Å²) in [5.74, 6) is 0.291. The molecule has 0 atom stereocenters. The largest absolute Gasteiger partial charge is 0.379 e. The Hall–Kier alpha value is -2.41. The number of benzene rings is 2. The third kappa shape index (κ3) is 4.67. The van der Waals surface area contributed by atoms with Crippen LogP contribution in [0, 0.1) is 6.92 Å². The lowest BCUT2D eigenvalue weighted by atomic mass is 10.0. The minimum absolute atomic E-state index is 0.176. The molecule has 1 saturated heterocycles. The van der Waals surface area contributed by atoms with Gasteiger partial charge >= 0.3 is 0 Å². The fourth-order valence-electron chi connectivity index (χ4n) is 3.66. The molecule has 30 heavy (non-hydrogen) atoms. The fraction of sp³-hybridized carbons (Fsp3) is 0.333. The Morgan fingerprint density at radius 2 is 1.60 bits per heavy atom. The third-order valence-electron chi connectivity index (χ3n) is 5.44. The SMILES string of the molecule is Cc1ccc(C2=C(SCc3ccccc3)C(=O)N(CCN3CCOCC3)C2=O)cc1. The van der Waals surface area contributed by atoms with E-state index >= 15 is 0 Å². The number of carbonyl (C=O) groups is 2. The Labute approximate surface area is 181 Å². The van der Waals surface area contributed by atoms with Crippen LogP contribution in [-0.4, -0.2) is 61.0 Å². The third-order valence-corrected chi connectivity index (χ3v) is 6.58. The van der Waals surface area contributed by atoms with Gasteiger partial charge < -0.3 is 4.74 Å². The van der Waals surface area contributed by atoms with Gasteiger partial charge in [-0.2, -0.15) is 0 Å². The monoisotopic (exact) mass is 422 g/mol.